The molecule has 1 heterocycles. The average Bonchev–Trinajstić information content (AvgIpc) is 2.40. The molecule has 1 rings (SSSR count). The maximum absolute atomic E-state index is 11.5. The Kier molecular flexibility index (Phi) is 6.93. The summed E-state index contributed by atoms with van der Waals surface area (Å²) in [6.07, 6.45) is 5.14. The summed E-state index contributed by atoms with van der Waals surface area (Å²) in [5.74, 6) is -0.341. The van der Waals surface area contributed by atoms with Gasteiger partial charge in [0.05, 0.1) is 6.61 Å². The summed E-state index contributed by atoms with van der Waals surface area (Å²) >= 11 is 5.09. The minimum absolute atomic E-state index is 0.173. The first-order valence-corrected chi connectivity index (χ1v) is 7.04. The van der Waals surface area contributed by atoms with Gasteiger partial charge in [0.2, 0.25) is 0 Å². The van der Waals surface area contributed by atoms with Crippen LogP contribution in [-0.4, -0.2) is 22.1 Å². The number of hydrogen-bond donors (Lipinski definition) is 1. The van der Waals surface area contributed by atoms with Crippen molar-refractivity contribution in [2.75, 3.05) is 6.61 Å². The van der Waals surface area contributed by atoms with Crippen molar-refractivity contribution in [3.05, 3.63) is 39.5 Å². The predicted molar refractivity (Wildman–Crippen MR) is 80.1 cm³/mol. The van der Waals surface area contributed by atoms with E-state index >= 15 is 0 Å². The minimum Gasteiger partial charge on any atom is -0.462 e. The van der Waals surface area contributed by atoms with Crippen LogP contribution in [0.3, 0.4) is 0 Å². The van der Waals surface area contributed by atoms with Crippen molar-refractivity contribution in [1.29, 1.82) is 0 Å². The van der Waals surface area contributed by atoms with Crippen molar-refractivity contribution in [3.8, 4) is 0 Å². The van der Waals surface area contributed by atoms with Crippen LogP contribution < -0.4 is 5.69 Å². The second kappa shape index (κ2) is 8.47. The molecule has 0 radical (unpaired) electrons. The smallest absolute Gasteiger partial charge is 0.333 e. The summed E-state index contributed by atoms with van der Waals surface area (Å²) in [6.45, 7) is 6.17. The Morgan fingerprint density at radius 2 is 2.10 bits per heavy atom. The van der Waals surface area contributed by atoms with Crippen molar-refractivity contribution in [3.63, 3.8) is 0 Å². The van der Waals surface area contributed by atoms with Gasteiger partial charge in [0.1, 0.15) is 4.64 Å². The lowest BCUT2D eigenvalue weighted by molar-refractivity contribution is -0.139. The van der Waals surface area contributed by atoms with Crippen LogP contribution in [-0.2, 0) is 16.1 Å². The standard InChI is InChI=1S/C14H20N2O3S/c1-11(2)13(17)19-10-6-4-3-5-9-16-12(20)7-8-15-14(16)18/h7-8H,1,3-6,9-10H2,2H3,(H,15,18). The lowest BCUT2D eigenvalue weighted by Crippen LogP contribution is -2.22. The Hall–Kier alpha value is -1.69. The van der Waals surface area contributed by atoms with Crippen molar-refractivity contribution in [2.24, 2.45) is 0 Å². The van der Waals surface area contributed by atoms with Crippen LogP contribution in [0.5, 0.6) is 0 Å². The molecule has 110 valence electrons. The number of unbranched alkanes of at least 4 members (excludes halogenated alkanes) is 3. The summed E-state index contributed by atoms with van der Waals surface area (Å²) in [5, 5.41) is 0. The van der Waals surface area contributed by atoms with Crippen molar-refractivity contribution in [2.45, 2.75) is 39.2 Å². The Labute approximate surface area is 123 Å². The summed E-state index contributed by atoms with van der Waals surface area (Å²) in [4.78, 5) is 25.2. The molecule has 1 aromatic heterocycles. The fourth-order valence-corrected chi connectivity index (χ4v) is 1.92. The third-order valence-electron chi connectivity index (χ3n) is 2.80. The van der Waals surface area contributed by atoms with Crippen LogP contribution in [0.2, 0.25) is 0 Å². The monoisotopic (exact) mass is 296 g/mol. The van der Waals surface area contributed by atoms with Gasteiger partial charge < -0.3 is 9.72 Å². The van der Waals surface area contributed by atoms with Crippen molar-refractivity contribution < 1.29 is 9.53 Å². The number of hydrogen-bond acceptors (Lipinski definition) is 4. The largest absolute Gasteiger partial charge is 0.462 e. The first-order chi connectivity index (χ1) is 9.52. The molecule has 0 fully saturated rings. The third-order valence-corrected chi connectivity index (χ3v) is 3.16. The molecule has 20 heavy (non-hydrogen) atoms. The number of rotatable bonds is 8. The fourth-order valence-electron chi connectivity index (χ4n) is 1.68. The molecule has 6 heteroatoms. The van der Waals surface area contributed by atoms with Crippen LogP contribution in [0, 0.1) is 4.64 Å². The van der Waals surface area contributed by atoms with Gasteiger partial charge in [0.15, 0.2) is 0 Å². The number of nitrogens with one attached hydrogen (secondary N) is 1. The molecule has 0 aliphatic carbocycles. The number of esters is 1. The van der Waals surface area contributed by atoms with Gasteiger partial charge in [0, 0.05) is 18.3 Å². The van der Waals surface area contributed by atoms with Crippen LogP contribution in [0.25, 0.3) is 0 Å². The zero-order valence-corrected chi connectivity index (χ0v) is 12.5. The Morgan fingerprint density at radius 1 is 1.40 bits per heavy atom. The van der Waals surface area contributed by atoms with Gasteiger partial charge in [-0.25, -0.2) is 9.59 Å². The fraction of sp³-hybridized carbons (Fsp3) is 0.500. The second-order valence-electron chi connectivity index (χ2n) is 4.60. The van der Waals surface area contributed by atoms with Gasteiger partial charge in [-0.2, -0.15) is 0 Å². The van der Waals surface area contributed by atoms with Crippen LogP contribution in [0.15, 0.2) is 29.2 Å². The summed E-state index contributed by atoms with van der Waals surface area (Å²) in [5.41, 5.74) is 0.246. The Balaban J connectivity index is 2.17. The van der Waals surface area contributed by atoms with E-state index in [1.807, 2.05) is 0 Å². The maximum Gasteiger partial charge on any atom is 0.333 e. The molecule has 0 unspecified atom stereocenters. The van der Waals surface area contributed by atoms with E-state index in [1.54, 1.807) is 23.8 Å². The van der Waals surface area contributed by atoms with Crippen LogP contribution in [0.1, 0.15) is 32.6 Å². The van der Waals surface area contributed by atoms with Gasteiger partial charge in [-0.15, -0.1) is 0 Å². The zero-order chi connectivity index (χ0) is 15.0. The summed E-state index contributed by atoms with van der Waals surface area (Å²) in [7, 11) is 0. The molecule has 0 aromatic carbocycles. The molecule has 0 atom stereocenters. The number of carbonyl (C=O) groups excluding carboxylic acids is 1. The second-order valence-corrected chi connectivity index (χ2v) is 5.02. The first kappa shape index (κ1) is 16.4. The lowest BCUT2D eigenvalue weighted by Gasteiger charge is -2.06. The van der Waals surface area contributed by atoms with E-state index in [1.165, 1.54) is 0 Å². The van der Waals surface area contributed by atoms with E-state index in [2.05, 4.69) is 11.6 Å². The maximum atomic E-state index is 11.5. The molecule has 1 aromatic rings. The van der Waals surface area contributed by atoms with E-state index in [-0.39, 0.29) is 11.7 Å². The molecule has 0 aliphatic rings. The van der Waals surface area contributed by atoms with Gasteiger partial charge >= 0.3 is 11.7 Å². The van der Waals surface area contributed by atoms with E-state index in [0.717, 1.165) is 25.7 Å². The average molecular weight is 296 g/mol. The van der Waals surface area contributed by atoms with Crippen molar-refractivity contribution in [1.82, 2.24) is 9.55 Å². The van der Waals surface area contributed by atoms with Crippen molar-refractivity contribution >= 4 is 18.2 Å². The quantitative estimate of drug-likeness (QED) is 0.346. The molecule has 0 amide bonds. The van der Waals surface area contributed by atoms with Gasteiger partial charge in [-0.3, -0.25) is 4.57 Å². The van der Waals surface area contributed by atoms with Gasteiger partial charge in [0.25, 0.3) is 0 Å². The molecule has 0 aliphatic heterocycles. The van der Waals surface area contributed by atoms with E-state index in [9.17, 15) is 9.59 Å². The molecular weight excluding hydrogens is 276 g/mol. The van der Waals surface area contributed by atoms with Crippen LogP contribution >= 0.6 is 12.2 Å². The first-order valence-electron chi connectivity index (χ1n) is 6.63. The Bertz CT molecular complexity index is 546. The minimum atomic E-state index is -0.341. The topological polar surface area (TPSA) is 64.1 Å². The van der Waals surface area contributed by atoms with E-state index in [4.69, 9.17) is 17.0 Å². The normalized spacial score (nSPS) is 10.2. The highest BCUT2D eigenvalue weighted by Gasteiger charge is 2.02. The zero-order valence-electron chi connectivity index (χ0n) is 11.7. The molecule has 1 N–H and O–H groups in total. The summed E-state index contributed by atoms with van der Waals surface area (Å²) in [6, 6.07) is 1.70. The number of H-pyrrole nitrogens is 1. The van der Waals surface area contributed by atoms with E-state index in [0.29, 0.717) is 23.4 Å². The Morgan fingerprint density at radius 3 is 2.75 bits per heavy atom. The highest BCUT2D eigenvalue weighted by Crippen LogP contribution is 2.03. The number of ether oxygens (including phenoxy) is 1. The molecule has 0 saturated heterocycles. The van der Waals surface area contributed by atoms with Gasteiger partial charge in [-0.1, -0.05) is 25.2 Å². The number of aromatic nitrogens is 2. The molecule has 5 nitrogen and oxygen atoms in total. The number of carbonyl (C=O) groups is 1. The SMILES string of the molecule is C=C(C)C(=O)OCCCCCCn1c(=S)cc[nH]c1=O. The number of aromatic amines is 1. The van der Waals surface area contributed by atoms with E-state index < -0.39 is 0 Å². The molecule has 0 bridgehead atoms. The highest BCUT2D eigenvalue weighted by atomic mass is 32.1. The lowest BCUT2D eigenvalue weighted by atomic mass is 10.2. The highest BCUT2D eigenvalue weighted by molar-refractivity contribution is 7.71. The third kappa shape index (κ3) is 5.52. The summed E-state index contributed by atoms with van der Waals surface area (Å²) < 4.78 is 7.09. The molecular formula is C14H20N2O3S. The predicted octanol–water partition coefficient (Wildman–Crippen LogP) is 2.59. The molecule has 0 spiro atoms. The van der Waals surface area contributed by atoms with Crippen LogP contribution in [0.4, 0.5) is 0 Å². The molecule has 0 saturated carbocycles. The number of nitrogens with zero attached hydrogens (tertiary/aromatic N) is 1. The van der Waals surface area contributed by atoms with Gasteiger partial charge in [-0.05, 0) is 32.3 Å².